The van der Waals surface area contributed by atoms with Crippen molar-refractivity contribution < 1.29 is 17.8 Å². The summed E-state index contributed by atoms with van der Waals surface area (Å²) in [6.07, 6.45) is 1.14. The van der Waals surface area contributed by atoms with E-state index in [0.717, 1.165) is 11.0 Å². The molecule has 8 heteroatoms. The predicted molar refractivity (Wildman–Crippen MR) is 61.9 cm³/mol. The van der Waals surface area contributed by atoms with Crippen LogP contribution in [0, 0.1) is 5.92 Å². The molecular weight excluding hydrogens is 246 g/mol. The molecule has 0 saturated carbocycles. The van der Waals surface area contributed by atoms with E-state index in [-0.39, 0.29) is 11.7 Å². The van der Waals surface area contributed by atoms with Gasteiger partial charge in [-0.1, -0.05) is 13.8 Å². The largest absolute Gasteiger partial charge is 0.385 e. The SMILES string of the molecule is CC(C)CN1C(N)=CC(=O)N(C)C1S(=O)(=O)O. The minimum atomic E-state index is -4.43. The first-order valence-electron chi connectivity index (χ1n) is 5.11. The zero-order valence-electron chi connectivity index (χ0n) is 9.99. The van der Waals surface area contributed by atoms with Crippen molar-refractivity contribution in [2.24, 2.45) is 11.7 Å². The summed E-state index contributed by atoms with van der Waals surface area (Å²) in [6, 6.07) is 0. The van der Waals surface area contributed by atoms with Crippen LogP contribution in [-0.2, 0) is 14.9 Å². The molecule has 0 bridgehead atoms. The van der Waals surface area contributed by atoms with Crippen LogP contribution in [0.15, 0.2) is 11.9 Å². The molecule has 1 aliphatic rings. The average Bonchev–Trinajstić information content (AvgIpc) is 2.11. The first-order chi connectivity index (χ1) is 7.64. The molecule has 0 saturated heterocycles. The zero-order valence-corrected chi connectivity index (χ0v) is 10.8. The summed E-state index contributed by atoms with van der Waals surface area (Å²) < 4.78 is 31.8. The quantitative estimate of drug-likeness (QED) is 0.658. The van der Waals surface area contributed by atoms with Gasteiger partial charge in [0.25, 0.3) is 5.91 Å². The van der Waals surface area contributed by atoms with Crippen molar-refractivity contribution in [2.45, 2.75) is 19.3 Å². The molecule has 0 aromatic rings. The Morgan fingerprint density at radius 3 is 2.47 bits per heavy atom. The van der Waals surface area contributed by atoms with Crippen LogP contribution in [0.4, 0.5) is 0 Å². The molecule has 1 aliphatic heterocycles. The van der Waals surface area contributed by atoms with Crippen LogP contribution in [0.2, 0.25) is 0 Å². The van der Waals surface area contributed by atoms with Gasteiger partial charge < -0.3 is 15.5 Å². The van der Waals surface area contributed by atoms with Gasteiger partial charge in [0.15, 0.2) is 0 Å². The summed E-state index contributed by atoms with van der Waals surface area (Å²) in [4.78, 5) is 13.7. The van der Waals surface area contributed by atoms with E-state index in [2.05, 4.69) is 0 Å². The van der Waals surface area contributed by atoms with Gasteiger partial charge in [-0.25, -0.2) is 0 Å². The number of rotatable bonds is 3. The normalized spacial score (nSPS) is 22.1. The predicted octanol–water partition coefficient (Wildman–Crippen LogP) is -0.612. The standard InChI is InChI=1S/C9H17N3O4S/c1-6(2)5-12-7(10)4-8(13)11(3)9(12)17(14,15)16/h4,6,9H,5,10H2,1-3H3,(H,14,15,16). The second-order valence-electron chi connectivity index (χ2n) is 4.41. The molecule has 0 spiro atoms. The van der Waals surface area contributed by atoms with Crippen molar-refractivity contribution in [3.63, 3.8) is 0 Å². The monoisotopic (exact) mass is 263 g/mol. The molecular formula is C9H17N3O4S. The van der Waals surface area contributed by atoms with Crippen molar-refractivity contribution in [3.8, 4) is 0 Å². The number of hydrogen-bond donors (Lipinski definition) is 2. The molecule has 1 amide bonds. The molecule has 1 rings (SSSR count). The van der Waals surface area contributed by atoms with Gasteiger partial charge in [0.1, 0.15) is 5.82 Å². The minimum absolute atomic E-state index is 0.0458. The summed E-state index contributed by atoms with van der Waals surface area (Å²) in [5, 5.41) is 0. The lowest BCUT2D eigenvalue weighted by Crippen LogP contribution is -2.57. The Morgan fingerprint density at radius 2 is 2.06 bits per heavy atom. The first kappa shape index (κ1) is 13.8. The van der Waals surface area contributed by atoms with Gasteiger partial charge in [-0.15, -0.1) is 0 Å². The van der Waals surface area contributed by atoms with Crippen molar-refractivity contribution >= 4 is 16.0 Å². The molecule has 7 nitrogen and oxygen atoms in total. The van der Waals surface area contributed by atoms with Gasteiger partial charge in [-0.05, 0) is 5.92 Å². The van der Waals surface area contributed by atoms with Crippen molar-refractivity contribution in [2.75, 3.05) is 13.6 Å². The number of nitrogens with two attached hydrogens (primary N) is 1. The molecule has 1 atom stereocenters. The first-order valence-corrected chi connectivity index (χ1v) is 6.61. The number of carbonyl (C=O) groups excluding carboxylic acids is 1. The molecule has 1 heterocycles. The van der Waals surface area contributed by atoms with E-state index < -0.39 is 21.5 Å². The second-order valence-corrected chi connectivity index (χ2v) is 5.86. The van der Waals surface area contributed by atoms with Crippen LogP contribution in [0.1, 0.15) is 13.8 Å². The Labute approximate surface area is 101 Å². The molecule has 0 aromatic carbocycles. The van der Waals surface area contributed by atoms with E-state index in [1.807, 2.05) is 13.8 Å². The second kappa shape index (κ2) is 4.53. The van der Waals surface area contributed by atoms with Crippen LogP contribution in [-0.4, -0.2) is 47.8 Å². The molecule has 0 aromatic heterocycles. The Morgan fingerprint density at radius 1 is 1.53 bits per heavy atom. The Bertz CT molecular complexity index is 443. The van der Waals surface area contributed by atoms with Gasteiger partial charge in [-0.2, -0.15) is 8.42 Å². The topological polar surface area (TPSA) is 104 Å². The van der Waals surface area contributed by atoms with E-state index in [9.17, 15) is 17.8 Å². The third-order valence-corrected chi connectivity index (χ3v) is 3.48. The Kier molecular flexibility index (Phi) is 3.68. The summed E-state index contributed by atoms with van der Waals surface area (Å²) in [5.41, 5.74) is 4.17. The third-order valence-electron chi connectivity index (χ3n) is 2.38. The average molecular weight is 263 g/mol. The maximum atomic E-state index is 11.5. The van der Waals surface area contributed by atoms with Crippen molar-refractivity contribution in [1.82, 2.24) is 9.80 Å². The van der Waals surface area contributed by atoms with E-state index in [4.69, 9.17) is 5.73 Å². The van der Waals surface area contributed by atoms with E-state index in [1.165, 1.54) is 11.9 Å². The highest BCUT2D eigenvalue weighted by Crippen LogP contribution is 2.21. The van der Waals surface area contributed by atoms with Gasteiger partial charge in [0.2, 0.25) is 5.50 Å². The molecule has 0 radical (unpaired) electrons. The van der Waals surface area contributed by atoms with Crippen LogP contribution < -0.4 is 5.73 Å². The highest BCUT2D eigenvalue weighted by molar-refractivity contribution is 7.86. The molecule has 3 N–H and O–H groups in total. The fourth-order valence-electron chi connectivity index (χ4n) is 1.71. The minimum Gasteiger partial charge on any atom is -0.385 e. The molecule has 17 heavy (non-hydrogen) atoms. The van der Waals surface area contributed by atoms with Gasteiger partial charge in [0.05, 0.1) is 0 Å². The highest BCUT2D eigenvalue weighted by atomic mass is 32.2. The molecule has 0 fully saturated rings. The van der Waals surface area contributed by atoms with E-state index >= 15 is 0 Å². The van der Waals surface area contributed by atoms with Crippen LogP contribution in [0.3, 0.4) is 0 Å². The summed E-state index contributed by atoms with van der Waals surface area (Å²) in [7, 11) is -3.12. The maximum Gasteiger partial charge on any atom is 0.306 e. The number of carbonyl (C=O) groups is 1. The van der Waals surface area contributed by atoms with Gasteiger partial charge >= 0.3 is 10.1 Å². The van der Waals surface area contributed by atoms with Crippen LogP contribution in [0.25, 0.3) is 0 Å². The van der Waals surface area contributed by atoms with Gasteiger partial charge in [-0.3, -0.25) is 9.35 Å². The summed E-state index contributed by atoms with van der Waals surface area (Å²) >= 11 is 0. The molecule has 0 aliphatic carbocycles. The lowest BCUT2D eigenvalue weighted by Gasteiger charge is -2.40. The number of hydrogen-bond acceptors (Lipinski definition) is 5. The number of likely N-dealkylation sites (N-methyl/N-ethyl adjacent to an activating group) is 1. The lowest BCUT2D eigenvalue weighted by molar-refractivity contribution is -0.129. The lowest BCUT2D eigenvalue weighted by atomic mass is 10.2. The van der Waals surface area contributed by atoms with Crippen LogP contribution in [0.5, 0.6) is 0 Å². The number of nitrogens with zero attached hydrogens (tertiary/aromatic N) is 2. The van der Waals surface area contributed by atoms with Crippen molar-refractivity contribution in [1.29, 1.82) is 0 Å². The van der Waals surface area contributed by atoms with E-state index in [1.54, 1.807) is 0 Å². The molecule has 98 valence electrons. The third kappa shape index (κ3) is 2.89. The zero-order chi connectivity index (χ0) is 13.4. The summed E-state index contributed by atoms with van der Waals surface area (Å²) in [5.74, 6) is -0.373. The summed E-state index contributed by atoms with van der Waals surface area (Å²) in [6.45, 7) is 4.08. The highest BCUT2D eigenvalue weighted by Gasteiger charge is 2.40. The van der Waals surface area contributed by atoms with Gasteiger partial charge in [0, 0.05) is 19.7 Å². The smallest absolute Gasteiger partial charge is 0.306 e. The molecule has 1 unspecified atom stereocenters. The van der Waals surface area contributed by atoms with Crippen LogP contribution >= 0.6 is 0 Å². The fourth-order valence-corrected chi connectivity index (χ4v) is 2.74. The maximum absolute atomic E-state index is 11.5. The number of amides is 1. The fraction of sp³-hybridized carbons (Fsp3) is 0.667. The Hall–Kier alpha value is -1.28. The van der Waals surface area contributed by atoms with Crippen molar-refractivity contribution in [3.05, 3.63) is 11.9 Å². The Balaban J connectivity index is 3.20. The van der Waals surface area contributed by atoms with E-state index in [0.29, 0.717) is 6.54 Å².